The summed E-state index contributed by atoms with van der Waals surface area (Å²) in [5, 5.41) is 0. The van der Waals surface area contributed by atoms with E-state index in [0.29, 0.717) is 23.5 Å². The van der Waals surface area contributed by atoms with Crippen molar-refractivity contribution in [2.45, 2.75) is 12.3 Å². The summed E-state index contributed by atoms with van der Waals surface area (Å²) in [6, 6.07) is 5.14. The summed E-state index contributed by atoms with van der Waals surface area (Å²) in [4.78, 5) is 0. The minimum Gasteiger partial charge on any atom is -0.494 e. The Morgan fingerprint density at radius 1 is 1.57 bits per heavy atom. The van der Waals surface area contributed by atoms with Crippen LogP contribution in [0.2, 0.25) is 0 Å². The van der Waals surface area contributed by atoms with Crippen LogP contribution in [0.1, 0.15) is 17.9 Å². The minimum absolute atomic E-state index is 0.287. The minimum atomic E-state index is -0.287. The van der Waals surface area contributed by atoms with Crippen LogP contribution < -0.4 is 4.74 Å². The molecule has 3 heteroatoms. The Hall–Kier alpha value is -0.760. The molecule has 0 radical (unpaired) electrons. The smallest absolute Gasteiger partial charge is 0.165 e. The molecule has 0 N–H and O–H groups in total. The van der Waals surface area contributed by atoms with Crippen molar-refractivity contribution in [1.29, 1.82) is 0 Å². The van der Waals surface area contributed by atoms with Crippen molar-refractivity contribution in [3.8, 4) is 5.75 Å². The largest absolute Gasteiger partial charge is 0.494 e. The third-order valence-electron chi connectivity index (χ3n) is 2.72. The van der Waals surface area contributed by atoms with Crippen LogP contribution in [0.25, 0.3) is 0 Å². The van der Waals surface area contributed by atoms with Crippen molar-refractivity contribution in [2.75, 3.05) is 13.0 Å². The SMILES string of the molecule is COc1ccc(C2CC2CCl)cc1F. The number of halogens is 2. The van der Waals surface area contributed by atoms with Gasteiger partial charge in [-0.1, -0.05) is 6.07 Å². The lowest BCUT2D eigenvalue weighted by Crippen LogP contribution is -1.91. The van der Waals surface area contributed by atoms with Gasteiger partial charge >= 0.3 is 0 Å². The molecule has 1 aromatic carbocycles. The second kappa shape index (κ2) is 3.77. The third kappa shape index (κ3) is 1.71. The average Bonchev–Trinajstić information content (AvgIpc) is 2.96. The molecule has 1 aliphatic carbocycles. The average molecular weight is 215 g/mol. The second-order valence-corrected chi connectivity index (χ2v) is 3.96. The summed E-state index contributed by atoms with van der Waals surface area (Å²) in [5.74, 6) is 1.66. The molecule has 1 aromatic rings. The normalized spacial score (nSPS) is 24.8. The lowest BCUT2D eigenvalue weighted by atomic mass is 10.1. The van der Waals surface area contributed by atoms with E-state index in [9.17, 15) is 4.39 Å². The maximum Gasteiger partial charge on any atom is 0.165 e. The van der Waals surface area contributed by atoms with E-state index < -0.39 is 0 Å². The highest BCUT2D eigenvalue weighted by Crippen LogP contribution is 2.48. The number of benzene rings is 1. The number of hydrogen-bond acceptors (Lipinski definition) is 1. The standard InChI is InChI=1S/C11H12ClFO/c1-14-11-3-2-7(5-10(11)13)9-4-8(9)6-12/h2-3,5,8-9H,4,6H2,1H3. The Morgan fingerprint density at radius 3 is 2.86 bits per heavy atom. The molecule has 2 unspecified atom stereocenters. The first kappa shape index (κ1) is 9.78. The van der Waals surface area contributed by atoms with E-state index in [2.05, 4.69) is 0 Å². The van der Waals surface area contributed by atoms with E-state index in [1.807, 2.05) is 6.07 Å². The van der Waals surface area contributed by atoms with Crippen molar-refractivity contribution in [3.05, 3.63) is 29.6 Å². The van der Waals surface area contributed by atoms with E-state index in [0.717, 1.165) is 12.0 Å². The summed E-state index contributed by atoms with van der Waals surface area (Å²) in [6.45, 7) is 0. The van der Waals surface area contributed by atoms with E-state index in [1.54, 1.807) is 12.1 Å². The van der Waals surface area contributed by atoms with Gasteiger partial charge in [0.15, 0.2) is 11.6 Å². The molecule has 76 valence electrons. The van der Waals surface area contributed by atoms with Crippen LogP contribution in [0.15, 0.2) is 18.2 Å². The summed E-state index contributed by atoms with van der Waals surface area (Å²) < 4.78 is 18.2. The molecule has 0 aliphatic heterocycles. The van der Waals surface area contributed by atoms with Crippen LogP contribution in [0.3, 0.4) is 0 Å². The molecule has 0 aromatic heterocycles. The molecule has 2 rings (SSSR count). The van der Waals surface area contributed by atoms with Crippen molar-refractivity contribution in [3.63, 3.8) is 0 Å². The molecule has 0 saturated heterocycles. The summed E-state index contributed by atoms with van der Waals surface area (Å²) in [7, 11) is 1.47. The number of hydrogen-bond donors (Lipinski definition) is 0. The van der Waals surface area contributed by atoms with Crippen LogP contribution in [-0.2, 0) is 0 Å². The Morgan fingerprint density at radius 2 is 2.36 bits per heavy atom. The van der Waals surface area contributed by atoms with E-state index in [1.165, 1.54) is 7.11 Å². The van der Waals surface area contributed by atoms with Gasteiger partial charge in [0, 0.05) is 5.88 Å². The Labute approximate surface area is 87.8 Å². The molecule has 1 saturated carbocycles. The van der Waals surface area contributed by atoms with Crippen LogP contribution in [0.4, 0.5) is 4.39 Å². The molecule has 1 nitrogen and oxygen atoms in total. The van der Waals surface area contributed by atoms with Gasteiger partial charge in [-0.3, -0.25) is 0 Å². The fraction of sp³-hybridized carbons (Fsp3) is 0.455. The number of rotatable bonds is 3. The van der Waals surface area contributed by atoms with Gasteiger partial charge in [0.25, 0.3) is 0 Å². The van der Waals surface area contributed by atoms with Crippen LogP contribution in [0.5, 0.6) is 5.75 Å². The maximum atomic E-state index is 13.3. The quantitative estimate of drug-likeness (QED) is 0.703. The van der Waals surface area contributed by atoms with Gasteiger partial charge < -0.3 is 4.74 Å². The first-order chi connectivity index (χ1) is 6.76. The number of alkyl halides is 1. The molecule has 14 heavy (non-hydrogen) atoms. The molecule has 0 heterocycles. The zero-order chi connectivity index (χ0) is 10.1. The number of ether oxygens (including phenoxy) is 1. The predicted octanol–water partition coefficient (Wildman–Crippen LogP) is 3.18. The van der Waals surface area contributed by atoms with Gasteiger partial charge in [-0.2, -0.15) is 0 Å². The highest BCUT2D eigenvalue weighted by molar-refractivity contribution is 6.18. The van der Waals surface area contributed by atoms with Crippen LogP contribution in [0, 0.1) is 11.7 Å². The summed E-state index contributed by atoms with van der Waals surface area (Å²) >= 11 is 5.72. The van der Waals surface area contributed by atoms with Crippen molar-refractivity contribution >= 4 is 11.6 Å². The van der Waals surface area contributed by atoms with E-state index in [4.69, 9.17) is 16.3 Å². The summed E-state index contributed by atoms with van der Waals surface area (Å²) in [6.07, 6.45) is 1.08. The Balaban J connectivity index is 2.17. The molecule has 2 atom stereocenters. The lowest BCUT2D eigenvalue weighted by molar-refractivity contribution is 0.386. The fourth-order valence-electron chi connectivity index (χ4n) is 1.74. The van der Waals surface area contributed by atoms with E-state index in [-0.39, 0.29) is 5.82 Å². The molecular weight excluding hydrogens is 203 g/mol. The maximum absolute atomic E-state index is 13.3. The molecule has 1 aliphatic rings. The van der Waals surface area contributed by atoms with E-state index >= 15 is 0 Å². The highest BCUT2D eigenvalue weighted by Gasteiger charge is 2.37. The molecule has 1 fully saturated rings. The topological polar surface area (TPSA) is 9.23 Å². The van der Waals surface area contributed by atoms with Crippen LogP contribution >= 0.6 is 11.6 Å². The van der Waals surface area contributed by atoms with Crippen molar-refractivity contribution in [2.24, 2.45) is 5.92 Å². The first-order valence-corrected chi connectivity index (χ1v) is 5.19. The molecular formula is C11H12ClFO. The lowest BCUT2D eigenvalue weighted by Gasteiger charge is -2.04. The predicted molar refractivity (Wildman–Crippen MR) is 54.5 cm³/mol. The fourth-order valence-corrected chi connectivity index (χ4v) is 2.08. The molecule has 0 amide bonds. The second-order valence-electron chi connectivity index (χ2n) is 3.65. The number of methoxy groups -OCH3 is 1. The Kier molecular flexibility index (Phi) is 2.64. The Bertz CT molecular complexity index is 340. The third-order valence-corrected chi connectivity index (χ3v) is 3.12. The van der Waals surface area contributed by atoms with Crippen molar-refractivity contribution in [1.82, 2.24) is 0 Å². The van der Waals surface area contributed by atoms with Gasteiger partial charge in [-0.05, 0) is 36.0 Å². The first-order valence-electron chi connectivity index (χ1n) is 4.65. The van der Waals surface area contributed by atoms with Gasteiger partial charge in [0.2, 0.25) is 0 Å². The van der Waals surface area contributed by atoms with Gasteiger partial charge in [0.05, 0.1) is 7.11 Å². The monoisotopic (exact) mass is 214 g/mol. The van der Waals surface area contributed by atoms with Gasteiger partial charge in [0.1, 0.15) is 0 Å². The van der Waals surface area contributed by atoms with Crippen LogP contribution in [-0.4, -0.2) is 13.0 Å². The van der Waals surface area contributed by atoms with Crippen molar-refractivity contribution < 1.29 is 9.13 Å². The zero-order valence-electron chi connectivity index (χ0n) is 7.97. The molecule has 0 spiro atoms. The van der Waals surface area contributed by atoms with Gasteiger partial charge in [-0.25, -0.2) is 4.39 Å². The zero-order valence-corrected chi connectivity index (χ0v) is 8.72. The van der Waals surface area contributed by atoms with Gasteiger partial charge in [-0.15, -0.1) is 11.6 Å². The summed E-state index contributed by atoms with van der Waals surface area (Å²) in [5.41, 5.74) is 1.04. The molecule has 0 bridgehead atoms. The highest BCUT2D eigenvalue weighted by atomic mass is 35.5.